The molecule has 2 aromatic heterocycles. The van der Waals surface area contributed by atoms with Gasteiger partial charge in [0.25, 0.3) is 5.91 Å². The molecule has 0 N–H and O–H groups in total. The number of methoxy groups -OCH3 is 1. The zero-order chi connectivity index (χ0) is 19.3. The van der Waals surface area contributed by atoms with Crippen molar-refractivity contribution in [2.24, 2.45) is 0 Å². The van der Waals surface area contributed by atoms with E-state index >= 15 is 0 Å². The highest BCUT2D eigenvalue weighted by molar-refractivity contribution is 7.15. The fourth-order valence-corrected chi connectivity index (χ4v) is 5.33. The molecule has 2 saturated heterocycles. The van der Waals surface area contributed by atoms with E-state index in [1.807, 2.05) is 4.90 Å². The number of carbonyl (C=O) groups is 1. The van der Waals surface area contributed by atoms with Crippen LogP contribution in [0.4, 0.5) is 0 Å². The van der Waals surface area contributed by atoms with Gasteiger partial charge in [0.15, 0.2) is 10.7 Å². The van der Waals surface area contributed by atoms with Crippen LogP contribution < -0.4 is 0 Å². The van der Waals surface area contributed by atoms with Crippen molar-refractivity contribution in [1.29, 1.82) is 0 Å². The predicted octanol–water partition coefficient (Wildman–Crippen LogP) is 3.80. The number of ether oxygens (including phenoxy) is 1. The van der Waals surface area contributed by atoms with Gasteiger partial charge in [-0.15, -0.1) is 11.3 Å². The van der Waals surface area contributed by atoms with Crippen molar-refractivity contribution >= 4 is 22.2 Å². The van der Waals surface area contributed by atoms with E-state index in [1.54, 1.807) is 18.4 Å². The molecular formula is C21H32N4O2S. The number of rotatable bonds is 5. The molecule has 7 heteroatoms. The summed E-state index contributed by atoms with van der Waals surface area (Å²) in [6, 6.07) is 0.424. The molecule has 2 aromatic rings. The fourth-order valence-electron chi connectivity index (χ4n) is 4.60. The van der Waals surface area contributed by atoms with Crippen molar-refractivity contribution in [3.05, 3.63) is 23.0 Å². The first kappa shape index (κ1) is 19.9. The average molecular weight is 405 g/mol. The average Bonchev–Trinajstić information content (AvgIpc) is 3.25. The Balaban J connectivity index is 1.60. The summed E-state index contributed by atoms with van der Waals surface area (Å²) in [5.41, 5.74) is 1.71. The minimum Gasteiger partial charge on any atom is -0.383 e. The van der Waals surface area contributed by atoms with Crippen molar-refractivity contribution in [3.8, 4) is 0 Å². The Morgan fingerprint density at radius 2 is 1.89 bits per heavy atom. The Bertz CT molecular complexity index is 777. The molecule has 2 aliphatic rings. The number of fused-ring (bicyclic) bond motifs is 1. The Labute approximate surface area is 171 Å². The zero-order valence-corrected chi connectivity index (χ0v) is 17.8. The maximum absolute atomic E-state index is 13.4. The van der Waals surface area contributed by atoms with Crippen LogP contribution in [-0.2, 0) is 11.3 Å². The molecule has 0 spiro atoms. The number of nitrogens with zero attached hydrogens (tertiary/aromatic N) is 4. The monoisotopic (exact) mass is 404 g/mol. The first-order valence-corrected chi connectivity index (χ1v) is 11.6. The highest BCUT2D eigenvalue weighted by Crippen LogP contribution is 2.25. The molecule has 6 nitrogen and oxygen atoms in total. The summed E-state index contributed by atoms with van der Waals surface area (Å²) in [5, 5.41) is 2.05. The van der Waals surface area contributed by atoms with Gasteiger partial charge in [0.2, 0.25) is 0 Å². The summed E-state index contributed by atoms with van der Waals surface area (Å²) >= 11 is 1.60. The second-order valence-corrected chi connectivity index (χ2v) is 8.97. The van der Waals surface area contributed by atoms with Gasteiger partial charge in [0.1, 0.15) is 0 Å². The van der Waals surface area contributed by atoms with Gasteiger partial charge >= 0.3 is 0 Å². The molecule has 4 heterocycles. The van der Waals surface area contributed by atoms with E-state index in [-0.39, 0.29) is 5.91 Å². The number of thiazole rings is 1. The first-order chi connectivity index (χ1) is 13.8. The highest BCUT2D eigenvalue weighted by Gasteiger charge is 2.29. The van der Waals surface area contributed by atoms with E-state index in [9.17, 15) is 4.79 Å². The lowest BCUT2D eigenvalue weighted by atomic mass is 10.0. The van der Waals surface area contributed by atoms with Crippen LogP contribution in [0.15, 0.2) is 11.6 Å². The smallest absolute Gasteiger partial charge is 0.274 e. The number of hydrogen-bond donors (Lipinski definition) is 0. The standard InChI is InChI=1S/C21H32N4O2S/c1-27-16-17-9-5-8-12-24(17)15-18-19(22-21-25(18)13-14-28-21)20(26)23-10-6-3-2-4-7-11-23/h13-14,17H,2-12,15-16H2,1H3/t17-/m0/s1. The topological polar surface area (TPSA) is 50.1 Å². The van der Waals surface area contributed by atoms with Crippen LogP contribution in [0.25, 0.3) is 4.96 Å². The SMILES string of the molecule is COC[C@@H]1CCCCN1Cc1c(C(=O)N2CCCCCCC2)nc2sccn12. The predicted molar refractivity (Wildman–Crippen MR) is 112 cm³/mol. The lowest BCUT2D eigenvalue weighted by Gasteiger charge is -2.35. The first-order valence-electron chi connectivity index (χ1n) is 10.7. The Hall–Kier alpha value is -1.44. The second kappa shape index (κ2) is 9.37. The van der Waals surface area contributed by atoms with Crippen LogP contribution >= 0.6 is 11.3 Å². The fraction of sp³-hybridized carbons (Fsp3) is 0.714. The Kier molecular flexibility index (Phi) is 6.65. The summed E-state index contributed by atoms with van der Waals surface area (Å²) < 4.78 is 7.59. The van der Waals surface area contributed by atoms with E-state index in [2.05, 4.69) is 20.9 Å². The van der Waals surface area contributed by atoms with E-state index < -0.39 is 0 Å². The van der Waals surface area contributed by atoms with E-state index in [0.29, 0.717) is 11.7 Å². The van der Waals surface area contributed by atoms with Crippen molar-refractivity contribution < 1.29 is 9.53 Å². The summed E-state index contributed by atoms with van der Waals surface area (Å²) in [4.78, 5) is 23.6. The minimum atomic E-state index is 0.119. The molecule has 28 heavy (non-hydrogen) atoms. The molecule has 0 unspecified atom stereocenters. The summed E-state index contributed by atoms with van der Waals surface area (Å²) in [5.74, 6) is 0.119. The third kappa shape index (κ3) is 4.26. The number of hydrogen-bond acceptors (Lipinski definition) is 5. The van der Waals surface area contributed by atoms with Gasteiger partial charge in [-0.25, -0.2) is 4.98 Å². The minimum absolute atomic E-state index is 0.119. The van der Waals surface area contributed by atoms with Crippen LogP contribution in [0.5, 0.6) is 0 Å². The number of piperidine rings is 1. The van der Waals surface area contributed by atoms with Crippen molar-refractivity contribution in [2.75, 3.05) is 33.4 Å². The van der Waals surface area contributed by atoms with Gasteiger partial charge in [-0.2, -0.15) is 0 Å². The number of carbonyl (C=O) groups excluding carboxylic acids is 1. The number of amides is 1. The molecule has 2 fully saturated rings. The van der Waals surface area contributed by atoms with Gasteiger partial charge in [0, 0.05) is 44.4 Å². The zero-order valence-electron chi connectivity index (χ0n) is 16.9. The van der Waals surface area contributed by atoms with Crippen LogP contribution in [0.1, 0.15) is 67.5 Å². The van der Waals surface area contributed by atoms with E-state index in [4.69, 9.17) is 9.72 Å². The number of imidazole rings is 1. The Morgan fingerprint density at radius 1 is 1.14 bits per heavy atom. The van der Waals surface area contributed by atoms with Gasteiger partial charge in [-0.3, -0.25) is 14.1 Å². The van der Waals surface area contributed by atoms with Gasteiger partial charge < -0.3 is 9.64 Å². The Morgan fingerprint density at radius 3 is 2.68 bits per heavy atom. The van der Waals surface area contributed by atoms with E-state index in [1.165, 1.54) is 32.1 Å². The maximum atomic E-state index is 13.4. The molecular weight excluding hydrogens is 372 g/mol. The summed E-state index contributed by atoms with van der Waals surface area (Å²) in [7, 11) is 1.78. The highest BCUT2D eigenvalue weighted by atomic mass is 32.1. The van der Waals surface area contributed by atoms with Gasteiger partial charge in [0.05, 0.1) is 12.3 Å². The lowest BCUT2D eigenvalue weighted by Crippen LogP contribution is -2.42. The maximum Gasteiger partial charge on any atom is 0.274 e. The van der Waals surface area contributed by atoms with Gasteiger partial charge in [-0.1, -0.05) is 25.7 Å². The summed E-state index contributed by atoms with van der Waals surface area (Å²) in [6.07, 6.45) is 11.6. The molecule has 4 rings (SSSR count). The quantitative estimate of drug-likeness (QED) is 0.761. The molecule has 0 aliphatic carbocycles. The lowest BCUT2D eigenvalue weighted by molar-refractivity contribution is 0.0581. The van der Waals surface area contributed by atoms with Crippen LogP contribution in [0.3, 0.4) is 0 Å². The molecule has 154 valence electrons. The van der Waals surface area contributed by atoms with Crippen molar-refractivity contribution in [3.63, 3.8) is 0 Å². The van der Waals surface area contributed by atoms with Gasteiger partial charge in [-0.05, 0) is 32.2 Å². The van der Waals surface area contributed by atoms with Crippen molar-refractivity contribution in [2.45, 2.75) is 64.0 Å². The third-order valence-corrected chi connectivity index (χ3v) is 6.92. The number of likely N-dealkylation sites (tertiary alicyclic amines) is 2. The molecule has 1 atom stereocenters. The molecule has 0 bridgehead atoms. The van der Waals surface area contributed by atoms with E-state index in [0.717, 1.165) is 62.7 Å². The molecule has 2 aliphatic heterocycles. The largest absolute Gasteiger partial charge is 0.383 e. The van der Waals surface area contributed by atoms with Crippen LogP contribution in [0.2, 0.25) is 0 Å². The number of aromatic nitrogens is 2. The second-order valence-electron chi connectivity index (χ2n) is 8.10. The molecule has 0 aromatic carbocycles. The normalized spacial score (nSPS) is 22.3. The van der Waals surface area contributed by atoms with Crippen LogP contribution in [0, 0.1) is 0 Å². The third-order valence-electron chi connectivity index (χ3n) is 6.17. The van der Waals surface area contributed by atoms with Crippen LogP contribution in [-0.4, -0.2) is 64.5 Å². The molecule has 0 radical (unpaired) electrons. The molecule has 0 saturated carbocycles. The van der Waals surface area contributed by atoms with Crippen molar-refractivity contribution in [1.82, 2.24) is 19.2 Å². The summed E-state index contributed by atoms with van der Waals surface area (Å²) in [6.45, 7) is 4.30. The molecule has 1 amide bonds.